The van der Waals surface area contributed by atoms with E-state index in [0.29, 0.717) is 12.7 Å². The van der Waals surface area contributed by atoms with Gasteiger partial charge in [0.15, 0.2) is 5.16 Å². The van der Waals surface area contributed by atoms with E-state index in [4.69, 9.17) is 19.2 Å². The van der Waals surface area contributed by atoms with Gasteiger partial charge < -0.3 is 18.8 Å². The monoisotopic (exact) mass is 376 g/mol. The van der Waals surface area contributed by atoms with Crippen molar-refractivity contribution in [2.75, 3.05) is 26.1 Å². The van der Waals surface area contributed by atoms with Gasteiger partial charge in [-0.1, -0.05) is 11.8 Å². The van der Waals surface area contributed by atoms with Crippen LogP contribution in [0, 0.1) is 13.8 Å². The molecule has 6 heteroatoms. The van der Waals surface area contributed by atoms with Crippen molar-refractivity contribution in [2.24, 2.45) is 0 Å². The topological polar surface area (TPSA) is 45.5 Å². The second-order valence-corrected chi connectivity index (χ2v) is 7.60. The second-order valence-electron chi connectivity index (χ2n) is 6.54. The van der Waals surface area contributed by atoms with Crippen molar-refractivity contribution in [2.45, 2.75) is 50.9 Å². The molecule has 1 atom stereocenters. The zero-order chi connectivity index (χ0) is 18.4. The minimum atomic E-state index is 0.333. The predicted molar refractivity (Wildman–Crippen MR) is 105 cm³/mol. The highest BCUT2D eigenvalue weighted by Gasteiger charge is 2.20. The van der Waals surface area contributed by atoms with E-state index in [0.717, 1.165) is 54.1 Å². The molecular weight excluding hydrogens is 348 g/mol. The molecule has 142 valence electrons. The van der Waals surface area contributed by atoms with Gasteiger partial charge in [-0.25, -0.2) is 4.98 Å². The molecule has 0 spiro atoms. The molecule has 1 aromatic heterocycles. The molecule has 0 saturated carbocycles. The summed E-state index contributed by atoms with van der Waals surface area (Å²) in [4.78, 5) is 4.74. The maximum atomic E-state index is 5.80. The lowest BCUT2D eigenvalue weighted by atomic mass is 10.2. The fraction of sp³-hybridized carbons (Fsp3) is 0.550. The summed E-state index contributed by atoms with van der Waals surface area (Å²) in [5.74, 6) is 2.71. The molecule has 1 aromatic carbocycles. The number of methoxy groups -OCH3 is 1. The van der Waals surface area contributed by atoms with Crippen molar-refractivity contribution in [1.82, 2.24) is 9.55 Å². The Hall–Kier alpha value is -1.66. The molecule has 1 fully saturated rings. The van der Waals surface area contributed by atoms with Gasteiger partial charge in [0.05, 0.1) is 32.1 Å². The zero-order valence-corrected chi connectivity index (χ0v) is 16.7. The van der Waals surface area contributed by atoms with E-state index in [2.05, 4.69) is 18.4 Å². The van der Waals surface area contributed by atoms with Gasteiger partial charge in [0.2, 0.25) is 0 Å². The fourth-order valence-corrected chi connectivity index (χ4v) is 4.04. The van der Waals surface area contributed by atoms with Gasteiger partial charge in [0.25, 0.3) is 0 Å². The van der Waals surface area contributed by atoms with E-state index in [1.165, 1.54) is 12.1 Å². The lowest BCUT2D eigenvalue weighted by Crippen LogP contribution is -2.16. The molecule has 1 aliphatic rings. The molecule has 1 saturated heterocycles. The van der Waals surface area contributed by atoms with Crippen molar-refractivity contribution >= 4 is 11.8 Å². The molecule has 0 amide bonds. The van der Waals surface area contributed by atoms with Gasteiger partial charge in [-0.15, -0.1) is 0 Å². The quantitative estimate of drug-likeness (QED) is 0.484. The molecule has 0 bridgehead atoms. The van der Waals surface area contributed by atoms with Gasteiger partial charge in [-0.2, -0.15) is 0 Å². The van der Waals surface area contributed by atoms with Crippen LogP contribution < -0.4 is 9.47 Å². The van der Waals surface area contributed by atoms with Crippen molar-refractivity contribution in [3.8, 4) is 11.5 Å². The number of rotatable bonds is 9. The average molecular weight is 377 g/mol. The molecule has 2 aromatic rings. The normalized spacial score (nSPS) is 16.8. The van der Waals surface area contributed by atoms with Crippen LogP contribution in [-0.2, 0) is 11.3 Å². The highest BCUT2D eigenvalue weighted by Crippen LogP contribution is 2.25. The fourth-order valence-electron chi connectivity index (χ4n) is 3.03. The van der Waals surface area contributed by atoms with Crippen LogP contribution in [0.2, 0.25) is 0 Å². The van der Waals surface area contributed by atoms with Gasteiger partial charge in [0, 0.05) is 18.1 Å². The van der Waals surface area contributed by atoms with Crippen LogP contribution in [0.1, 0.15) is 30.7 Å². The Labute approximate surface area is 160 Å². The second kappa shape index (κ2) is 9.33. The summed E-state index contributed by atoms with van der Waals surface area (Å²) < 4.78 is 19.1. The van der Waals surface area contributed by atoms with E-state index < -0.39 is 0 Å². The number of benzene rings is 1. The summed E-state index contributed by atoms with van der Waals surface area (Å²) in [7, 11) is 1.67. The number of aromatic nitrogens is 2. The zero-order valence-electron chi connectivity index (χ0n) is 15.9. The molecule has 1 aliphatic heterocycles. The Morgan fingerprint density at radius 1 is 1.23 bits per heavy atom. The van der Waals surface area contributed by atoms with E-state index >= 15 is 0 Å². The van der Waals surface area contributed by atoms with Gasteiger partial charge >= 0.3 is 0 Å². The van der Waals surface area contributed by atoms with Gasteiger partial charge in [-0.3, -0.25) is 0 Å². The molecule has 3 rings (SSSR count). The molecule has 0 aliphatic carbocycles. The third-order valence-corrected chi connectivity index (χ3v) is 5.74. The molecule has 0 N–H and O–H groups in total. The van der Waals surface area contributed by atoms with Crippen molar-refractivity contribution in [3.63, 3.8) is 0 Å². The average Bonchev–Trinajstić information content (AvgIpc) is 3.26. The summed E-state index contributed by atoms with van der Waals surface area (Å²) in [6.45, 7) is 6.73. The molecule has 0 unspecified atom stereocenters. The van der Waals surface area contributed by atoms with Crippen LogP contribution in [0.15, 0.2) is 29.4 Å². The SMILES string of the molecule is COc1ccc(OCCCSc2nc(C)c(C)n2C[C@@H]2CCCO2)cc1. The molecule has 2 heterocycles. The van der Waals surface area contributed by atoms with Gasteiger partial charge in [-0.05, 0) is 57.4 Å². The number of aryl methyl sites for hydroxylation is 1. The van der Waals surface area contributed by atoms with Crippen LogP contribution in [-0.4, -0.2) is 41.7 Å². The lowest BCUT2D eigenvalue weighted by molar-refractivity contribution is 0.0945. The maximum Gasteiger partial charge on any atom is 0.168 e. The first-order valence-electron chi connectivity index (χ1n) is 9.22. The minimum absolute atomic E-state index is 0.333. The Morgan fingerprint density at radius 3 is 2.69 bits per heavy atom. The first-order chi connectivity index (χ1) is 12.7. The third-order valence-electron chi connectivity index (χ3n) is 4.68. The Morgan fingerprint density at radius 2 is 2.00 bits per heavy atom. The van der Waals surface area contributed by atoms with Crippen LogP contribution in [0.4, 0.5) is 0 Å². The molecular formula is C20H28N2O3S. The summed E-state index contributed by atoms with van der Waals surface area (Å²) >= 11 is 1.80. The molecule has 26 heavy (non-hydrogen) atoms. The summed E-state index contributed by atoms with van der Waals surface area (Å²) in [5.41, 5.74) is 2.36. The van der Waals surface area contributed by atoms with E-state index in [9.17, 15) is 0 Å². The number of hydrogen-bond donors (Lipinski definition) is 0. The number of thioether (sulfide) groups is 1. The highest BCUT2D eigenvalue weighted by molar-refractivity contribution is 7.99. The van der Waals surface area contributed by atoms with Crippen LogP contribution >= 0.6 is 11.8 Å². The summed E-state index contributed by atoms with van der Waals surface area (Å²) in [5, 5.41) is 1.10. The van der Waals surface area contributed by atoms with Crippen molar-refractivity contribution in [1.29, 1.82) is 0 Å². The Balaban J connectivity index is 1.45. The van der Waals surface area contributed by atoms with Gasteiger partial charge in [0.1, 0.15) is 11.5 Å². The van der Waals surface area contributed by atoms with Crippen LogP contribution in [0.5, 0.6) is 11.5 Å². The Bertz CT molecular complexity index is 694. The molecule has 5 nitrogen and oxygen atoms in total. The lowest BCUT2D eigenvalue weighted by Gasteiger charge is -2.14. The standard InChI is InChI=1S/C20H28N2O3S/c1-15-16(2)22(14-19-6-4-11-25-19)20(21-15)26-13-5-12-24-18-9-7-17(23-3)8-10-18/h7-10,19H,4-6,11-14H2,1-3H3/t19-/m0/s1. The molecule has 0 radical (unpaired) electrons. The highest BCUT2D eigenvalue weighted by atomic mass is 32.2. The number of imidazole rings is 1. The number of ether oxygens (including phenoxy) is 3. The van der Waals surface area contributed by atoms with Crippen molar-refractivity contribution in [3.05, 3.63) is 35.7 Å². The maximum absolute atomic E-state index is 5.80. The van der Waals surface area contributed by atoms with Crippen molar-refractivity contribution < 1.29 is 14.2 Å². The van der Waals surface area contributed by atoms with Crippen LogP contribution in [0.25, 0.3) is 0 Å². The van der Waals surface area contributed by atoms with E-state index in [1.54, 1.807) is 18.9 Å². The third kappa shape index (κ3) is 4.95. The number of nitrogens with zero attached hydrogens (tertiary/aromatic N) is 2. The first-order valence-corrected chi connectivity index (χ1v) is 10.2. The van der Waals surface area contributed by atoms with Crippen LogP contribution in [0.3, 0.4) is 0 Å². The summed E-state index contributed by atoms with van der Waals surface area (Å²) in [6, 6.07) is 7.70. The first kappa shape index (κ1) is 19.1. The minimum Gasteiger partial charge on any atom is -0.497 e. The summed E-state index contributed by atoms with van der Waals surface area (Å²) in [6.07, 6.45) is 3.63. The smallest absolute Gasteiger partial charge is 0.168 e. The Kier molecular flexibility index (Phi) is 6.86. The number of hydrogen-bond acceptors (Lipinski definition) is 5. The van der Waals surface area contributed by atoms with E-state index in [-0.39, 0.29) is 0 Å². The largest absolute Gasteiger partial charge is 0.497 e. The van der Waals surface area contributed by atoms with E-state index in [1.807, 2.05) is 24.3 Å². The predicted octanol–water partition coefficient (Wildman–Crippen LogP) is 4.25.